The summed E-state index contributed by atoms with van der Waals surface area (Å²) in [5.74, 6) is 4.65. The van der Waals surface area contributed by atoms with Crippen LogP contribution in [0.25, 0.3) is 0 Å². The van der Waals surface area contributed by atoms with Gasteiger partial charge in [-0.15, -0.1) is 0 Å². The lowest BCUT2D eigenvalue weighted by Crippen LogP contribution is -2.40. The third-order valence-corrected chi connectivity index (χ3v) is 3.47. The summed E-state index contributed by atoms with van der Waals surface area (Å²) in [5, 5.41) is 2.83. The van der Waals surface area contributed by atoms with Gasteiger partial charge >= 0.3 is 0 Å². The zero-order valence-electron chi connectivity index (χ0n) is 12.0. The highest BCUT2D eigenvalue weighted by molar-refractivity contribution is 5.96. The highest BCUT2D eigenvalue weighted by Gasteiger charge is 2.30. The molecular weight excluding hydrogens is 271 g/mol. The first kappa shape index (κ1) is 15.5. The topological polar surface area (TPSA) is 64.4 Å². The predicted octanol–water partition coefficient (Wildman–Crippen LogP) is 1.43. The molecule has 1 unspecified atom stereocenters. The van der Waals surface area contributed by atoms with Crippen molar-refractivity contribution >= 4 is 5.91 Å². The Labute approximate surface area is 123 Å². The van der Waals surface area contributed by atoms with Gasteiger partial charge in [0.25, 0.3) is 5.91 Å². The molecule has 0 bridgehead atoms. The summed E-state index contributed by atoms with van der Waals surface area (Å²) in [6.45, 7) is 3.27. The van der Waals surface area contributed by atoms with Crippen LogP contribution in [0.1, 0.15) is 35.7 Å². The second kappa shape index (κ2) is 6.70. The molecule has 1 saturated heterocycles. The van der Waals surface area contributed by atoms with Crippen molar-refractivity contribution in [1.29, 1.82) is 0 Å². The van der Waals surface area contributed by atoms with Gasteiger partial charge in [-0.25, -0.2) is 4.39 Å². The number of halogens is 1. The molecule has 0 aliphatic carbocycles. The maximum Gasteiger partial charge on any atom is 0.252 e. The van der Waals surface area contributed by atoms with Crippen LogP contribution in [0.3, 0.4) is 0 Å². The quantitative estimate of drug-likeness (QED) is 0.828. The van der Waals surface area contributed by atoms with Crippen LogP contribution in [-0.2, 0) is 4.74 Å². The fourth-order valence-electron chi connectivity index (χ4n) is 2.30. The number of ether oxygens (including phenoxy) is 1. The van der Waals surface area contributed by atoms with Crippen molar-refractivity contribution in [2.45, 2.75) is 25.4 Å². The molecular formula is C16H19FN2O2. The fourth-order valence-corrected chi connectivity index (χ4v) is 2.30. The molecule has 112 valence electrons. The fraction of sp³-hybridized carbons (Fsp3) is 0.438. The normalized spacial score (nSPS) is 20.7. The average Bonchev–Trinajstić information content (AvgIpc) is 2.90. The van der Waals surface area contributed by atoms with Gasteiger partial charge in [0.2, 0.25) is 0 Å². The Bertz CT molecular complexity index is 584. The molecule has 21 heavy (non-hydrogen) atoms. The Morgan fingerprint density at radius 1 is 1.57 bits per heavy atom. The highest BCUT2D eigenvalue weighted by atomic mass is 19.1. The Morgan fingerprint density at radius 3 is 3.05 bits per heavy atom. The number of carbonyl (C=O) groups excluding carboxylic acids is 1. The number of nitrogens with two attached hydrogens (primary N) is 1. The van der Waals surface area contributed by atoms with Gasteiger partial charge in [-0.05, 0) is 38.0 Å². The molecule has 4 nitrogen and oxygen atoms in total. The first-order chi connectivity index (χ1) is 10.0. The highest BCUT2D eigenvalue weighted by Crippen LogP contribution is 2.24. The van der Waals surface area contributed by atoms with Gasteiger partial charge in [-0.2, -0.15) is 0 Å². The van der Waals surface area contributed by atoms with Crippen LogP contribution in [0.4, 0.5) is 4.39 Å². The number of rotatable bonds is 3. The van der Waals surface area contributed by atoms with Crippen molar-refractivity contribution in [1.82, 2.24) is 5.32 Å². The zero-order chi connectivity index (χ0) is 15.3. The van der Waals surface area contributed by atoms with Crippen molar-refractivity contribution in [2.24, 2.45) is 5.73 Å². The van der Waals surface area contributed by atoms with E-state index in [1.54, 1.807) is 0 Å². The SMILES string of the molecule is CC1(CNC(=O)c2ccc(F)cc2C#CCN)CCCO1. The van der Waals surface area contributed by atoms with Crippen LogP contribution in [-0.4, -0.2) is 31.2 Å². The van der Waals surface area contributed by atoms with Crippen LogP contribution in [0.5, 0.6) is 0 Å². The average molecular weight is 290 g/mol. The van der Waals surface area contributed by atoms with Gasteiger partial charge < -0.3 is 15.8 Å². The number of amides is 1. The monoisotopic (exact) mass is 290 g/mol. The van der Waals surface area contributed by atoms with Gasteiger partial charge in [0.1, 0.15) is 5.82 Å². The van der Waals surface area contributed by atoms with Crippen LogP contribution in [0.15, 0.2) is 18.2 Å². The molecule has 1 amide bonds. The van der Waals surface area contributed by atoms with Crippen LogP contribution < -0.4 is 11.1 Å². The number of benzene rings is 1. The standard InChI is InChI=1S/C16H19FN2O2/c1-16(7-3-9-21-16)11-19-15(20)14-6-5-13(17)10-12(14)4-2-8-18/h5-6,10H,3,7-9,11,18H2,1H3,(H,19,20). The number of carbonyl (C=O) groups is 1. The zero-order valence-corrected chi connectivity index (χ0v) is 12.0. The van der Waals surface area contributed by atoms with E-state index in [9.17, 15) is 9.18 Å². The molecule has 1 atom stereocenters. The van der Waals surface area contributed by atoms with Crippen LogP contribution in [0.2, 0.25) is 0 Å². The van der Waals surface area contributed by atoms with Crippen LogP contribution >= 0.6 is 0 Å². The maximum absolute atomic E-state index is 13.3. The van der Waals surface area contributed by atoms with E-state index in [2.05, 4.69) is 17.2 Å². The van der Waals surface area contributed by atoms with E-state index in [1.807, 2.05) is 6.92 Å². The maximum atomic E-state index is 13.3. The van der Waals surface area contributed by atoms with E-state index in [0.29, 0.717) is 17.7 Å². The first-order valence-corrected chi connectivity index (χ1v) is 6.95. The summed E-state index contributed by atoms with van der Waals surface area (Å²) >= 11 is 0. The lowest BCUT2D eigenvalue weighted by atomic mass is 10.0. The summed E-state index contributed by atoms with van der Waals surface area (Å²) in [6.07, 6.45) is 1.91. The van der Waals surface area contributed by atoms with Crippen molar-refractivity contribution in [2.75, 3.05) is 19.7 Å². The molecule has 1 heterocycles. The van der Waals surface area contributed by atoms with E-state index in [4.69, 9.17) is 10.5 Å². The van der Waals surface area contributed by atoms with Crippen molar-refractivity contribution < 1.29 is 13.9 Å². The minimum absolute atomic E-state index is 0.156. The Balaban J connectivity index is 2.11. The van der Waals surface area contributed by atoms with Gasteiger partial charge in [0, 0.05) is 18.7 Å². The third kappa shape index (κ3) is 4.03. The molecule has 0 saturated carbocycles. The van der Waals surface area contributed by atoms with Gasteiger partial charge in [-0.1, -0.05) is 11.8 Å². The summed E-state index contributed by atoms with van der Waals surface area (Å²) in [7, 11) is 0. The molecule has 2 rings (SSSR count). The van der Waals surface area contributed by atoms with E-state index in [1.165, 1.54) is 18.2 Å². The smallest absolute Gasteiger partial charge is 0.252 e. The summed E-state index contributed by atoms with van der Waals surface area (Å²) in [6, 6.07) is 3.92. The van der Waals surface area contributed by atoms with Crippen molar-refractivity contribution in [3.8, 4) is 11.8 Å². The van der Waals surface area contributed by atoms with E-state index < -0.39 is 5.82 Å². The van der Waals surface area contributed by atoms with Crippen molar-refractivity contribution in [3.63, 3.8) is 0 Å². The second-order valence-electron chi connectivity index (χ2n) is 5.28. The number of hydrogen-bond acceptors (Lipinski definition) is 3. The third-order valence-electron chi connectivity index (χ3n) is 3.47. The lowest BCUT2D eigenvalue weighted by molar-refractivity contribution is 0.0206. The van der Waals surface area contributed by atoms with E-state index in [-0.39, 0.29) is 18.1 Å². The Hall–Kier alpha value is -1.90. The van der Waals surface area contributed by atoms with Gasteiger partial charge in [0.15, 0.2) is 0 Å². The number of nitrogens with one attached hydrogen (secondary N) is 1. The first-order valence-electron chi connectivity index (χ1n) is 6.95. The lowest BCUT2D eigenvalue weighted by Gasteiger charge is -2.23. The molecule has 5 heteroatoms. The summed E-state index contributed by atoms with van der Waals surface area (Å²) in [5.41, 5.74) is 5.68. The molecule has 1 aromatic rings. The predicted molar refractivity (Wildman–Crippen MR) is 78.3 cm³/mol. The summed E-state index contributed by atoms with van der Waals surface area (Å²) < 4.78 is 18.9. The largest absolute Gasteiger partial charge is 0.373 e. The Morgan fingerprint density at radius 2 is 2.38 bits per heavy atom. The van der Waals surface area contributed by atoms with Crippen molar-refractivity contribution in [3.05, 3.63) is 35.1 Å². The molecule has 1 fully saturated rings. The molecule has 1 aliphatic rings. The van der Waals surface area contributed by atoms with E-state index >= 15 is 0 Å². The minimum atomic E-state index is -0.432. The molecule has 0 radical (unpaired) electrons. The van der Waals surface area contributed by atoms with Crippen LogP contribution in [0, 0.1) is 17.7 Å². The second-order valence-corrected chi connectivity index (χ2v) is 5.28. The molecule has 0 aromatic heterocycles. The number of hydrogen-bond donors (Lipinski definition) is 2. The van der Waals surface area contributed by atoms with E-state index in [0.717, 1.165) is 19.4 Å². The molecule has 0 spiro atoms. The summed E-state index contributed by atoms with van der Waals surface area (Å²) in [4.78, 5) is 12.3. The minimum Gasteiger partial charge on any atom is -0.373 e. The molecule has 1 aliphatic heterocycles. The van der Waals surface area contributed by atoms with Gasteiger partial charge in [0.05, 0.1) is 17.7 Å². The van der Waals surface area contributed by atoms with Gasteiger partial charge in [-0.3, -0.25) is 4.79 Å². The molecule has 1 aromatic carbocycles. The molecule has 3 N–H and O–H groups in total. The Kier molecular flexibility index (Phi) is 4.94.